The van der Waals surface area contributed by atoms with E-state index < -0.39 is 18.0 Å². The molecule has 1 amide bonds. The van der Waals surface area contributed by atoms with Gasteiger partial charge in [-0.1, -0.05) is 6.07 Å². The summed E-state index contributed by atoms with van der Waals surface area (Å²) in [6.07, 6.45) is 2.72. The van der Waals surface area contributed by atoms with Gasteiger partial charge in [-0.15, -0.1) is 11.3 Å². The number of hydrogen-bond donors (Lipinski definition) is 1. The lowest BCUT2D eigenvalue weighted by Crippen LogP contribution is -2.47. The van der Waals surface area contributed by atoms with Crippen LogP contribution < -0.4 is 4.74 Å². The second kappa shape index (κ2) is 10.0. The Morgan fingerprint density at radius 3 is 2.60 bits per heavy atom. The largest absolute Gasteiger partial charge is 0.496 e. The number of methoxy groups -OCH3 is 1. The summed E-state index contributed by atoms with van der Waals surface area (Å²) in [5.41, 5.74) is 7.15. The first-order valence-electron chi connectivity index (χ1n) is 14.3. The number of hydrogen-bond acceptors (Lipinski definition) is 6. The van der Waals surface area contributed by atoms with E-state index in [2.05, 4.69) is 59.9 Å². The van der Waals surface area contributed by atoms with E-state index in [0.29, 0.717) is 0 Å². The summed E-state index contributed by atoms with van der Waals surface area (Å²) in [6, 6.07) is 8.53. The highest BCUT2D eigenvalue weighted by atomic mass is 32.1. The van der Waals surface area contributed by atoms with Gasteiger partial charge in [0.05, 0.1) is 19.4 Å². The van der Waals surface area contributed by atoms with Gasteiger partial charge in [-0.2, -0.15) is 0 Å². The molecule has 1 fully saturated rings. The van der Waals surface area contributed by atoms with E-state index in [9.17, 15) is 9.90 Å². The van der Waals surface area contributed by atoms with Crippen LogP contribution in [0, 0.1) is 0 Å². The summed E-state index contributed by atoms with van der Waals surface area (Å²) in [4.78, 5) is 17.6. The number of benzene rings is 1. The first-order chi connectivity index (χ1) is 19.0. The Balaban J connectivity index is 1.61. The number of amides is 1. The number of thiophene rings is 1. The van der Waals surface area contributed by atoms with Crippen molar-refractivity contribution < 1.29 is 24.1 Å². The standard InChI is InChI=1S/C32H40N2O5S/c1-31(2,3)34-13-8-7-10-20-26(25-11-9-15-40-25)27-21-17-22(29-24(18-35)38-32(4,5)39-29)23(37-6)16-19(21)12-14-33(27)28(20)30(34)36/h9,11,15-17,24,29,35H,7-8,10,12-14,18H2,1-6H3/t24-,29+/m0/s1. The number of nitrogens with zero attached hydrogens (tertiary/aromatic N) is 2. The van der Waals surface area contributed by atoms with Crippen LogP contribution in [0.2, 0.25) is 0 Å². The molecule has 8 heteroatoms. The van der Waals surface area contributed by atoms with Gasteiger partial charge in [0, 0.05) is 40.2 Å². The predicted octanol–water partition coefficient (Wildman–Crippen LogP) is 6.21. The molecule has 1 aromatic carbocycles. The van der Waals surface area contributed by atoms with E-state index in [4.69, 9.17) is 14.2 Å². The first kappa shape index (κ1) is 27.5. The van der Waals surface area contributed by atoms with E-state index in [1.807, 2.05) is 13.8 Å². The number of aromatic nitrogens is 1. The maximum Gasteiger partial charge on any atom is 0.271 e. The molecule has 0 unspecified atom stereocenters. The van der Waals surface area contributed by atoms with Gasteiger partial charge in [-0.3, -0.25) is 4.79 Å². The Bertz CT molecular complexity index is 1430. The number of carbonyl (C=O) groups excluding carboxylic acids is 1. The van der Waals surface area contributed by atoms with Crippen molar-refractivity contribution in [2.24, 2.45) is 0 Å². The summed E-state index contributed by atoms with van der Waals surface area (Å²) in [7, 11) is 1.67. The van der Waals surface area contributed by atoms with Crippen LogP contribution in [0.1, 0.15) is 80.7 Å². The van der Waals surface area contributed by atoms with Gasteiger partial charge in [0.2, 0.25) is 0 Å². The zero-order valence-corrected chi connectivity index (χ0v) is 25.2. The number of aryl methyl sites for hydroxylation is 1. The molecule has 40 heavy (non-hydrogen) atoms. The fourth-order valence-electron chi connectivity index (χ4n) is 6.72. The maximum absolute atomic E-state index is 14.4. The van der Waals surface area contributed by atoms with Crippen molar-refractivity contribution in [1.82, 2.24) is 9.47 Å². The van der Waals surface area contributed by atoms with Crippen molar-refractivity contribution in [3.05, 3.63) is 52.0 Å². The quantitative estimate of drug-likeness (QED) is 0.408. The molecule has 0 aliphatic carbocycles. The van der Waals surface area contributed by atoms with E-state index in [-0.39, 0.29) is 18.1 Å². The molecule has 3 aliphatic rings. The normalized spacial score (nSPS) is 22.4. The number of aliphatic hydroxyl groups is 1. The first-order valence-corrected chi connectivity index (χ1v) is 15.2. The number of aliphatic hydroxyl groups excluding tert-OH is 1. The minimum absolute atomic E-state index is 0.123. The Kier molecular flexibility index (Phi) is 6.89. The second-order valence-electron chi connectivity index (χ2n) is 12.5. The van der Waals surface area contributed by atoms with Crippen molar-refractivity contribution in [2.75, 3.05) is 20.3 Å². The van der Waals surface area contributed by atoms with Gasteiger partial charge in [0.1, 0.15) is 23.7 Å². The summed E-state index contributed by atoms with van der Waals surface area (Å²) in [5.74, 6) is 0.0346. The molecule has 6 rings (SSSR count). The molecule has 7 nitrogen and oxygen atoms in total. The molecule has 3 aliphatic heterocycles. The SMILES string of the molecule is COc1cc2c(cc1[C@H]1OC(C)(C)O[C@H]1CO)-c1c(-c3cccs3)c3c(n1CC2)C(=O)N(C(C)(C)C)CCCC3. The molecule has 0 radical (unpaired) electrons. The number of rotatable bonds is 4. The van der Waals surface area contributed by atoms with Crippen LogP contribution in [0.5, 0.6) is 5.75 Å². The molecule has 5 heterocycles. The van der Waals surface area contributed by atoms with Crippen LogP contribution in [-0.4, -0.2) is 58.2 Å². The van der Waals surface area contributed by atoms with E-state index in [1.165, 1.54) is 16.0 Å². The highest BCUT2D eigenvalue weighted by molar-refractivity contribution is 7.13. The molecule has 1 N–H and O–H groups in total. The molecule has 3 aromatic rings. The van der Waals surface area contributed by atoms with Crippen molar-refractivity contribution in [1.29, 1.82) is 0 Å². The minimum Gasteiger partial charge on any atom is -0.496 e. The van der Waals surface area contributed by atoms with E-state index in [1.54, 1.807) is 18.4 Å². The molecule has 0 saturated carbocycles. The van der Waals surface area contributed by atoms with Crippen LogP contribution in [0.25, 0.3) is 21.7 Å². The highest BCUT2D eigenvalue weighted by Crippen LogP contribution is 2.49. The van der Waals surface area contributed by atoms with Crippen molar-refractivity contribution in [3.63, 3.8) is 0 Å². The Hall–Kier alpha value is -2.65. The molecular weight excluding hydrogens is 524 g/mol. The Morgan fingerprint density at radius 2 is 1.93 bits per heavy atom. The summed E-state index contributed by atoms with van der Waals surface area (Å²) in [6.45, 7) is 11.5. The zero-order chi connectivity index (χ0) is 28.4. The summed E-state index contributed by atoms with van der Waals surface area (Å²) >= 11 is 1.72. The predicted molar refractivity (Wildman–Crippen MR) is 157 cm³/mol. The lowest BCUT2D eigenvalue weighted by molar-refractivity contribution is -0.149. The lowest BCUT2D eigenvalue weighted by atomic mass is 9.89. The van der Waals surface area contributed by atoms with Crippen LogP contribution >= 0.6 is 11.3 Å². The Morgan fingerprint density at radius 1 is 1.12 bits per heavy atom. The topological polar surface area (TPSA) is 73.2 Å². The minimum atomic E-state index is -0.820. The smallest absolute Gasteiger partial charge is 0.271 e. The highest BCUT2D eigenvalue weighted by Gasteiger charge is 2.44. The molecule has 2 aromatic heterocycles. The molecule has 214 valence electrons. The Labute approximate surface area is 240 Å². The molecule has 2 atom stereocenters. The van der Waals surface area contributed by atoms with Crippen LogP contribution in [0.15, 0.2) is 29.6 Å². The second-order valence-corrected chi connectivity index (χ2v) is 13.5. The number of fused-ring (bicyclic) bond motifs is 5. The van der Waals surface area contributed by atoms with Crippen molar-refractivity contribution in [3.8, 4) is 27.4 Å². The van der Waals surface area contributed by atoms with Gasteiger partial charge in [0.15, 0.2) is 5.79 Å². The number of carbonyl (C=O) groups is 1. The fourth-order valence-corrected chi connectivity index (χ4v) is 7.52. The average molecular weight is 565 g/mol. The zero-order valence-electron chi connectivity index (χ0n) is 24.4. The monoisotopic (exact) mass is 564 g/mol. The van der Waals surface area contributed by atoms with E-state index in [0.717, 1.165) is 72.6 Å². The van der Waals surface area contributed by atoms with Crippen LogP contribution in [-0.2, 0) is 28.9 Å². The van der Waals surface area contributed by atoms with Gasteiger partial charge in [-0.05, 0) is 95.0 Å². The third-order valence-electron chi connectivity index (χ3n) is 8.43. The van der Waals surface area contributed by atoms with Gasteiger partial charge in [0.25, 0.3) is 5.91 Å². The lowest BCUT2D eigenvalue weighted by Gasteiger charge is -2.37. The third kappa shape index (κ3) is 4.49. The van der Waals surface area contributed by atoms with Crippen LogP contribution in [0.3, 0.4) is 0 Å². The molecule has 1 saturated heterocycles. The molecule has 0 bridgehead atoms. The van der Waals surface area contributed by atoms with Crippen LogP contribution in [0.4, 0.5) is 0 Å². The summed E-state index contributed by atoms with van der Waals surface area (Å²) in [5, 5.41) is 12.3. The van der Waals surface area contributed by atoms with Crippen molar-refractivity contribution in [2.45, 2.75) is 90.4 Å². The van der Waals surface area contributed by atoms with E-state index >= 15 is 0 Å². The maximum atomic E-state index is 14.4. The summed E-state index contributed by atoms with van der Waals surface area (Å²) < 4.78 is 20.5. The third-order valence-corrected chi connectivity index (χ3v) is 9.32. The molecule has 0 spiro atoms. The molecular formula is C32H40N2O5S. The van der Waals surface area contributed by atoms with Gasteiger partial charge < -0.3 is 28.8 Å². The van der Waals surface area contributed by atoms with Crippen molar-refractivity contribution >= 4 is 17.2 Å². The fraction of sp³-hybridized carbons (Fsp3) is 0.531. The van der Waals surface area contributed by atoms with Gasteiger partial charge in [-0.25, -0.2) is 0 Å². The average Bonchev–Trinajstić information content (AvgIpc) is 3.60. The number of ether oxygens (including phenoxy) is 3. The van der Waals surface area contributed by atoms with Gasteiger partial charge >= 0.3 is 0 Å².